The lowest BCUT2D eigenvalue weighted by Gasteiger charge is -2.10. The smallest absolute Gasteiger partial charge is 0.482 e. The number of nitrogens with zero attached hydrogens (tertiary/aromatic N) is 1. The molecule has 0 N–H and O–H groups in total. The van der Waals surface area contributed by atoms with Gasteiger partial charge in [-0.1, -0.05) is 12.1 Å². The molecular formula is C16H12F3NO6. The Balaban J connectivity index is 2.11. The maximum atomic E-state index is 12.1. The summed E-state index contributed by atoms with van der Waals surface area (Å²) in [7, 11) is 1.14. The lowest BCUT2D eigenvalue weighted by Crippen LogP contribution is -2.17. The molecule has 0 aliphatic rings. The van der Waals surface area contributed by atoms with Crippen molar-refractivity contribution in [1.82, 2.24) is 0 Å². The van der Waals surface area contributed by atoms with Crippen LogP contribution in [0.5, 0.6) is 11.5 Å². The first-order valence-corrected chi connectivity index (χ1v) is 7.04. The van der Waals surface area contributed by atoms with E-state index in [2.05, 4.69) is 9.47 Å². The third kappa shape index (κ3) is 5.10. The second kappa shape index (κ2) is 7.72. The van der Waals surface area contributed by atoms with Gasteiger partial charge < -0.3 is 14.2 Å². The van der Waals surface area contributed by atoms with Crippen LogP contribution in [0.3, 0.4) is 0 Å². The highest BCUT2D eigenvalue weighted by Gasteiger charge is 2.31. The summed E-state index contributed by atoms with van der Waals surface area (Å²) in [6, 6.07) is 8.41. The van der Waals surface area contributed by atoms with Gasteiger partial charge in [-0.15, -0.1) is 13.2 Å². The van der Waals surface area contributed by atoms with Gasteiger partial charge in [-0.3, -0.25) is 10.1 Å². The van der Waals surface area contributed by atoms with Crippen LogP contribution in [0, 0.1) is 10.1 Å². The molecule has 0 amide bonds. The Labute approximate surface area is 145 Å². The van der Waals surface area contributed by atoms with Crippen molar-refractivity contribution in [3.05, 3.63) is 63.7 Å². The van der Waals surface area contributed by atoms with Gasteiger partial charge in [-0.05, 0) is 29.8 Å². The molecule has 10 heteroatoms. The van der Waals surface area contributed by atoms with E-state index in [-0.39, 0.29) is 17.9 Å². The quantitative estimate of drug-likeness (QED) is 0.435. The van der Waals surface area contributed by atoms with Crippen LogP contribution in [0.4, 0.5) is 18.9 Å². The lowest BCUT2D eigenvalue weighted by molar-refractivity contribution is -0.386. The van der Waals surface area contributed by atoms with Gasteiger partial charge >= 0.3 is 18.0 Å². The van der Waals surface area contributed by atoms with Crippen molar-refractivity contribution in [2.24, 2.45) is 0 Å². The molecule has 138 valence electrons. The van der Waals surface area contributed by atoms with E-state index in [0.717, 1.165) is 25.3 Å². The zero-order valence-corrected chi connectivity index (χ0v) is 13.3. The Hall–Kier alpha value is -3.30. The maximum Gasteiger partial charge on any atom is 0.573 e. The molecule has 0 fully saturated rings. The van der Waals surface area contributed by atoms with Crippen LogP contribution >= 0.6 is 0 Å². The number of hydrogen-bond donors (Lipinski definition) is 0. The van der Waals surface area contributed by atoms with Gasteiger partial charge in [0.2, 0.25) is 0 Å². The molecule has 2 aromatic carbocycles. The standard InChI is InChI=1S/C16H12F3NO6/c1-24-15(21)11-4-7-14(13(8-11)20(22)23)25-9-10-2-5-12(6-3-10)26-16(17,18)19/h2-8H,9H2,1H3. The highest BCUT2D eigenvalue weighted by Crippen LogP contribution is 2.29. The number of benzene rings is 2. The normalized spacial score (nSPS) is 10.9. The molecule has 0 spiro atoms. The molecule has 0 saturated carbocycles. The van der Waals surface area contributed by atoms with Crippen molar-refractivity contribution < 1.29 is 37.1 Å². The van der Waals surface area contributed by atoms with Gasteiger partial charge in [0, 0.05) is 6.07 Å². The molecule has 0 heterocycles. The molecule has 26 heavy (non-hydrogen) atoms. The van der Waals surface area contributed by atoms with E-state index in [9.17, 15) is 28.1 Å². The van der Waals surface area contributed by atoms with Gasteiger partial charge in [0.25, 0.3) is 0 Å². The number of alkyl halides is 3. The van der Waals surface area contributed by atoms with E-state index in [1.807, 2.05) is 0 Å². The molecule has 0 bridgehead atoms. The van der Waals surface area contributed by atoms with Gasteiger partial charge in [0.05, 0.1) is 17.6 Å². The molecule has 7 nitrogen and oxygen atoms in total. The molecular weight excluding hydrogens is 359 g/mol. The number of carbonyl (C=O) groups excluding carboxylic acids is 1. The summed E-state index contributed by atoms with van der Waals surface area (Å²) in [6.45, 7) is -0.134. The second-order valence-corrected chi connectivity index (χ2v) is 4.91. The molecule has 2 rings (SSSR count). The Morgan fingerprint density at radius 1 is 1.15 bits per heavy atom. The molecule has 0 saturated heterocycles. The predicted octanol–water partition coefficient (Wildman–Crippen LogP) is 3.86. The van der Waals surface area contributed by atoms with Crippen molar-refractivity contribution in [3.63, 3.8) is 0 Å². The fraction of sp³-hybridized carbons (Fsp3) is 0.188. The first-order chi connectivity index (χ1) is 12.2. The van der Waals surface area contributed by atoms with E-state index < -0.39 is 28.7 Å². The van der Waals surface area contributed by atoms with Crippen molar-refractivity contribution >= 4 is 11.7 Å². The fourth-order valence-corrected chi connectivity index (χ4v) is 1.98. The van der Waals surface area contributed by atoms with Gasteiger partial charge in [0.15, 0.2) is 5.75 Å². The summed E-state index contributed by atoms with van der Waals surface area (Å²) in [4.78, 5) is 21.8. The average molecular weight is 371 g/mol. The number of hydrogen-bond acceptors (Lipinski definition) is 6. The van der Waals surface area contributed by atoms with E-state index >= 15 is 0 Å². The summed E-state index contributed by atoms with van der Waals surface area (Å²) < 4.78 is 49.9. The van der Waals surface area contributed by atoms with E-state index in [1.54, 1.807) is 0 Å². The van der Waals surface area contributed by atoms with Crippen LogP contribution < -0.4 is 9.47 Å². The number of nitro groups is 1. The SMILES string of the molecule is COC(=O)c1ccc(OCc2ccc(OC(F)(F)F)cc2)c([N+](=O)[O-])c1. The number of methoxy groups -OCH3 is 1. The first kappa shape index (κ1) is 19.0. The molecule has 2 aromatic rings. The Morgan fingerprint density at radius 2 is 1.81 bits per heavy atom. The molecule has 0 aliphatic carbocycles. The third-order valence-electron chi connectivity index (χ3n) is 3.13. The minimum Gasteiger partial charge on any atom is -0.482 e. The van der Waals surface area contributed by atoms with Gasteiger partial charge in [0.1, 0.15) is 12.4 Å². The zero-order valence-electron chi connectivity index (χ0n) is 13.3. The van der Waals surface area contributed by atoms with Crippen molar-refractivity contribution in [1.29, 1.82) is 0 Å². The fourth-order valence-electron chi connectivity index (χ4n) is 1.98. The minimum absolute atomic E-state index is 0.0137. The van der Waals surface area contributed by atoms with Crippen LogP contribution in [0.1, 0.15) is 15.9 Å². The van der Waals surface area contributed by atoms with Crippen molar-refractivity contribution in [3.8, 4) is 11.5 Å². The zero-order chi connectivity index (χ0) is 19.3. The number of halogens is 3. The summed E-state index contributed by atoms with van der Waals surface area (Å²) >= 11 is 0. The number of esters is 1. The molecule has 0 atom stereocenters. The molecule has 0 radical (unpaired) electrons. The van der Waals surface area contributed by atoms with Crippen LogP contribution in [-0.2, 0) is 11.3 Å². The maximum absolute atomic E-state index is 12.1. The predicted molar refractivity (Wildman–Crippen MR) is 81.9 cm³/mol. The number of ether oxygens (including phenoxy) is 3. The average Bonchev–Trinajstić information content (AvgIpc) is 2.59. The van der Waals surface area contributed by atoms with E-state index in [0.29, 0.717) is 5.56 Å². The van der Waals surface area contributed by atoms with Crippen LogP contribution in [0.2, 0.25) is 0 Å². The summed E-state index contributed by atoms with van der Waals surface area (Å²) in [5.41, 5.74) is 0.0102. The number of carbonyl (C=O) groups is 1. The monoisotopic (exact) mass is 371 g/mol. The van der Waals surface area contributed by atoms with Crippen LogP contribution in [-0.4, -0.2) is 24.4 Å². The lowest BCUT2D eigenvalue weighted by atomic mass is 10.2. The van der Waals surface area contributed by atoms with E-state index in [1.165, 1.54) is 24.3 Å². The highest BCUT2D eigenvalue weighted by atomic mass is 19.4. The second-order valence-electron chi connectivity index (χ2n) is 4.91. The highest BCUT2D eigenvalue weighted by molar-refractivity contribution is 5.90. The van der Waals surface area contributed by atoms with Gasteiger partial charge in [-0.25, -0.2) is 4.79 Å². The van der Waals surface area contributed by atoms with E-state index in [4.69, 9.17) is 4.74 Å². The molecule has 0 unspecified atom stereocenters. The minimum atomic E-state index is -4.79. The van der Waals surface area contributed by atoms with Crippen molar-refractivity contribution in [2.75, 3.05) is 7.11 Å². The largest absolute Gasteiger partial charge is 0.573 e. The number of rotatable bonds is 6. The molecule has 0 aliphatic heterocycles. The summed E-state index contributed by atoms with van der Waals surface area (Å²) in [6.07, 6.45) is -4.79. The van der Waals surface area contributed by atoms with Crippen LogP contribution in [0.15, 0.2) is 42.5 Å². The van der Waals surface area contributed by atoms with Crippen LogP contribution in [0.25, 0.3) is 0 Å². The summed E-state index contributed by atoms with van der Waals surface area (Å²) in [5, 5.41) is 11.1. The Morgan fingerprint density at radius 3 is 2.35 bits per heavy atom. The Bertz CT molecular complexity index is 805. The number of nitro benzene ring substituents is 1. The third-order valence-corrected chi connectivity index (χ3v) is 3.13. The van der Waals surface area contributed by atoms with Gasteiger partial charge in [-0.2, -0.15) is 0 Å². The molecule has 0 aromatic heterocycles. The first-order valence-electron chi connectivity index (χ1n) is 7.04. The Kier molecular flexibility index (Phi) is 5.65. The summed E-state index contributed by atoms with van der Waals surface area (Å²) in [5.74, 6) is -1.23. The topological polar surface area (TPSA) is 87.9 Å². The van der Waals surface area contributed by atoms with Crippen molar-refractivity contribution in [2.45, 2.75) is 13.0 Å².